The van der Waals surface area contributed by atoms with Gasteiger partial charge in [0.25, 0.3) is 0 Å². The van der Waals surface area contributed by atoms with Crippen molar-refractivity contribution in [2.75, 3.05) is 7.11 Å². The number of hydrogen-bond acceptors (Lipinski definition) is 2. The minimum Gasteiger partial charge on any atom is -0.497 e. The first-order chi connectivity index (χ1) is 7.54. The summed E-state index contributed by atoms with van der Waals surface area (Å²) in [6, 6.07) is 6.77. The summed E-state index contributed by atoms with van der Waals surface area (Å²) in [5.41, 5.74) is 2.62. The Morgan fingerprint density at radius 3 is 2.44 bits per heavy atom. The van der Waals surface area contributed by atoms with E-state index in [1.165, 1.54) is 11.1 Å². The average molecular weight is 221 g/mol. The van der Waals surface area contributed by atoms with Gasteiger partial charge in [-0.1, -0.05) is 19.9 Å². The predicted octanol–water partition coefficient (Wildman–Crippen LogP) is 3.14. The molecule has 1 unspecified atom stereocenters. The van der Waals surface area contributed by atoms with Crippen LogP contribution in [0.1, 0.15) is 31.9 Å². The molecule has 0 amide bonds. The van der Waals surface area contributed by atoms with Crippen molar-refractivity contribution < 1.29 is 4.74 Å². The SMILES string of the molecule is COc1ccc(CNC(C)C(C)C)c(C)c1. The van der Waals surface area contributed by atoms with E-state index in [0.717, 1.165) is 12.3 Å². The van der Waals surface area contributed by atoms with Crippen molar-refractivity contribution in [3.63, 3.8) is 0 Å². The normalized spacial score (nSPS) is 12.9. The Bertz CT molecular complexity index is 334. The topological polar surface area (TPSA) is 21.3 Å². The van der Waals surface area contributed by atoms with Crippen LogP contribution in [-0.4, -0.2) is 13.2 Å². The minimum absolute atomic E-state index is 0.543. The first kappa shape index (κ1) is 13.0. The highest BCUT2D eigenvalue weighted by Crippen LogP contribution is 2.17. The second-order valence-electron chi connectivity index (χ2n) is 4.71. The van der Waals surface area contributed by atoms with Crippen molar-refractivity contribution in [1.82, 2.24) is 5.32 Å². The fraction of sp³-hybridized carbons (Fsp3) is 0.571. The van der Waals surface area contributed by atoms with Gasteiger partial charge in [0.05, 0.1) is 7.11 Å². The number of rotatable bonds is 5. The summed E-state index contributed by atoms with van der Waals surface area (Å²) in [4.78, 5) is 0. The molecule has 0 spiro atoms. The average Bonchev–Trinajstić information content (AvgIpc) is 2.26. The molecule has 1 rings (SSSR count). The molecule has 1 N–H and O–H groups in total. The Balaban J connectivity index is 2.61. The standard InChI is InChI=1S/C14H23NO/c1-10(2)12(4)15-9-13-6-7-14(16-5)8-11(13)3/h6-8,10,12,15H,9H2,1-5H3. The van der Waals surface area contributed by atoms with Gasteiger partial charge in [-0.05, 0) is 43.0 Å². The first-order valence-corrected chi connectivity index (χ1v) is 5.91. The van der Waals surface area contributed by atoms with Crippen LogP contribution in [0, 0.1) is 12.8 Å². The molecule has 16 heavy (non-hydrogen) atoms. The van der Waals surface area contributed by atoms with E-state index in [9.17, 15) is 0 Å². The van der Waals surface area contributed by atoms with E-state index in [0.29, 0.717) is 12.0 Å². The Labute approximate surface area is 99.0 Å². The van der Waals surface area contributed by atoms with E-state index >= 15 is 0 Å². The van der Waals surface area contributed by atoms with Gasteiger partial charge in [-0.3, -0.25) is 0 Å². The fourth-order valence-electron chi connectivity index (χ4n) is 1.50. The Morgan fingerprint density at radius 2 is 1.94 bits per heavy atom. The van der Waals surface area contributed by atoms with Gasteiger partial charge in [-0.2, -0.15) is 0 Å². The number of methoxy groups -OCH3 is 1. The van der Waals surface area contributed by atoms with E-state index in [1.807, 2.05) is 6.07 Å². The van der Waals surface area contributed by atoms with Crippen LogP contribution in [0.4, 0.5) is 0 Å². The Hall–Kier alpha value is -1.02. The zero-order valence-corrected chi connectivity index (χ0v) is 11.0. The third kappa shape index (κ3) is 3.53. The van der Waals surface area contributed by atoms with E-state index in [2.05, 4.69) is 45.1 Å². The van der Waals surface area contributed by atoms with Gasteiger partial charge in [0.2, 0.25) is 0 Å². The van der Waals surface area contributed by atoms with E-state index in [4.69, 9.17) is 4.74 Å². The summed E-state index contributed by atoms with van der Waals surface area (Å²) in [6.45, 7) is 9.75. The highest BCUT2D eigenvalue weighted by Gasteiger charge is 2.07. The molecule has 2 nitrogen and oxygen atoms in total. The number of benzene rings is 1. The monoisotopic (exact) mass is 221 g/mol. The second-order valence-corrected chi connectivity index (χ2v) is 4.71. The molecule has 1 atom stereocenters. The van der Waals surface area contributed by atoms with Crippen molar-refractivity contribution in [2.45, 2.75) is 40.3 Å². The van der Waals surface area contributed by atoms with Crippen LogP contribution in [0.5, 0.6) is 5.75 Å². The zero-order valence-electron chi connectivity index (χ0n) is 11.0. The molecule has 0 bridgehead atoms. The Kier molecular flexibility index (Phi) is 4.81. The van der Waals surface area contributed by atoms with Crippen molar-refractivity contribution in [1.29, 1.82) is 0 Å². The van der Waals surface area contributed by atoms with Crippen LogP contribution in [0.2, 0.25) is 0 Å². The Morgan fingerprint density at radius 1 is 1.25 bits per heavy atom. The van der Waals surface area contributed by atoms with Crippen LogP contribution in [0.3, 0.4) is 0 Å². The van der Waals surface area contributed by atoms with Gasteiger partial charge >= 0.3 is 0 Å². The number of aryl methyl sites for hydroxylation is 1. The lowest BCUT2D eigenvalue weighted by molar-refractivity contribution is 0.413. The van der Waals surface area contributed by atoms with E-state index < -0.39 is 0 Å². The summed E-state index contributed by atoms with van der Waals surface area (Å²) < 4.78 is 5.19. The molecule has 0 fully saturated rings. The molecule has 0 aliphatic rings. The number of ether oxygens (including phenoxy) is 1. The minimum atomic E-state index is 0.543. The highest BCUT2D eigenvalue weighted by molar-refractivity contribution is 5.34. The van der Waals surface area contributed by atoms with Crippen molar-refractivity contribution >= 4 is 0 Å². The molecule has 0 saturated heterocycles. The molecular weight excluding hydrogens is 198 g/mol. The summed E-state index contributed by atoms with van der Waals surface area (Å²) in [7, 11) is 1.70. The van der Waals surface area contributed by atoms with Crippen LogP contribution in [0.15, 0.2) is 18.2 Å². The van der Waals surface area contributed by atoms with E-state index in [-0.39, 0.29) is 0 Å². The number of hydrogen-bond donors (Lipinski definition) is 1. The maximum absolute atomic E-state index is 5.19. The molecular formula is C14H23NO. The lowest BCUT2D eigenvalue weighted by Crippen LogP contribution is -2.30. The highest BCUT2D eigenvalue weighted by atomic mass is 16.5. The van der Waals surface area contributed by atoms with E-state index in [1.54, 1.807) is 7.11 Å². The van der Waals surface area contributed by atoms with Crippen molar-refractivity contribution in [2.24, 2.45) is 5.92 Å². The lowest BCUT2D eigenvalue weighted by atomic mass is 10.0. The molecule has 0 aromatic heterocycles. The maximum atomic E-state index is 5.19. The zero-order chi connectivity index (χ0) is 12.1. The van der Waals surface area contributed by atoms with Gasteiger partial charge in [0.15, 0.2) is 0 Å². The smallest absolute Gasteiger partial charge is 0.119 e. The summed E-state index contributed by atoms with van der Waals surface area (Å²) in [6.07, 6.45) is 0. The first-order valence-electron chi connectivity index (χ1n) is 5.91. The molecule has 0 aliphatic heterocycles. The largest absolute Gasteiger partial charge is 0.497 e. The molecule has 2 heteroatoms. The molecule has 0 saturated carbocycles. The van der Waals surface area contributed by atoms with Crippen LogP contribution in [-0.2, 0) is 6.54 Å². The third-order valence-corrected chi connectivity index (χ3v) is 3.16. The number of nitrogens with one attached hydrogen (secondary N) is 1. The second kappa shape index (κ2) is 5.90. The summed E-state index contributed by atoms with van der Waals surface area (Å²) in [5, 5.41) is 3.54. The van der Waals surface area contributed by atoms with Crippen LogP contribution < -0.4 is 10.1 Å². The van der Waals surface area contributed by atoms with Crippen molar-refractivity contribution in [3.05, 3.63) is 29.3 Å². The summed E-state index contributed by atoms with van der Waals surface area (Å²) in [5.74, 6) is 1.59. The van der Waals surface area contributed by atoms with Gasteiger partial charge in [-0.15, -0.1) is 0 Å². The van der Waals surface area contributed by atoms with Gasteiger partial charge in [0.1, 0.15) is 5.75 Å². The van der Waals surface area contributed by atoms with Crippen LogP contribution >= 0.6 is 0 Å². The fourth-order valence-corrected chi connectivity index (χ4v) is 1.50. The predicted molar refractivity (Wildman–Crippen MR) is 68.9 cm³/mol. The van der Waals surface area contributed by atoms with Crippen LogP contribution in [0.25, 0.3) is 0 Å². The molecule has 1 aromatic carbocycles. The van der Waals surface area contributed by atoms with Gasteiger partial charge in [-0.25, -0.2) is 0 Å². The molecule has 0 heterocycles. The van der Waals surface area contributed by atoms with Gasteiger partial charge < -0.3 is 10.1 Å². The van der Waals surface area contributed by atoms with Crippen molar-refractivity contribution in [3.8, 4) is 5.75 Å². The molecule has 1 aromatic rings. The third-order valence-electron chi connectivity index (χ3n) is 3.16. The summed E-state index contributed by atoms with van der Waals surface area (Å²) >= 11 is 0. The van der Waals surface area contributed by atoms with Gasteiger partial charge in [0, 0.05) is 12.6 Å². The maximum Gasteiger partial charge on any atom is 0.119 e. The molecule has 0 radical (unpaired) electrons. The quantitative estimate of drug-likeness (QED) is 0.824. The molecule has 0 aliphatic carbocycles. The molecule has 90 valence electrons. The lowest BCUT2D eigenvalue weighted by Gasteiger charge is -2.18.